The second kappa shape index (κ2) is 9.21. The smallest absolute Gasteiger partial charge is 0.480 e. The van der Waals surface area contributed by atoms with Crippen LogP contribution < -0.4 is 4.72 Å². The second-order valence-electron chi connectivity index (χ2n) is 6.83. The van der Waals surface area contributed by atoms with Gasteiger partial charge in [-0.3, -0.25) is 4.79 Å². The minimum atomic E-state index is -5.72. The average Bonchev–Trinajstić information content (AvgIpc) is 3.02. The molecule has 1 saturated carbocycles. The van der Waals surface area contributed by atoms with E-state index in [0.717, 1.165) is 25.7 Å². The van der Waals surface area contributed by atoms with Crippen molar-refractivity contribution in [3.8, 4) is 0 Å². The molecule has 1 aliphatic carbocycles. The molecule has 0 aromatic heterocycles. The van der Waals surface area contributed by atoms with Gasteiger partial charge < -0.3 is 5.11 Å². The van der Waals surface area contributed by atoms with Gasteiger partial charge in [0.25, 0.3) is 0 Å². The molecule has 1 fully saturated rings. The van der Waals surface area contributed by atoms with Crippen molar-refractivity contribution >= 4 is 16.0 Å². The summed E-state index contributed by atoms with van der Waals surface area (Å²) in [7, 11) is -5.72. The molecule has 148 valence electrons. The molecule has 5 nitrogen and oxygen atoms in total. The molecule has 9 heteroatoms. The van der Waals surface area contributed by atoms with Gasteiger partial charge >= 0.3 is 21.5 Å². The van der Waals surface area contributed by atoms with E-state index in [-0.39, 0.29) is 6.42 Å². The van der Waals surface area contributed by atoms with Crippen molar-refractivity contribution in [2.45, 2.75) is 88.6 Å². The van der Waals surface area contributed by atoms with Crippen molar-refractivity contribution in [3.05, 3.63) is 0 Å². The summed E-state index contributed by atoms with van der Waals surface area (Å²) in [6.45, 7) is 2.06. The number of halogens is 3. The summed E-state index contributed by atoms with van der Waals surface area (Å²) in [6.07, 6.45) is 7.12. The highest BCUT2D eigenvalue weighted by atomic mass is 32.2. The summed E-state index contributed by atoms with van der Waals surface area (Å²) < 4.78 is 63.1. The zero-order valence-corrected chi connectivity index (χ0v) is 15.4. The summed E-state index contributed by atoms with van der Waals surface area (Å²) in [5.41, 5.74) is -7.59. The second-order valence-corrected chi connectivity index (χ2v) is 8.50. The Kier molecular flexibility index (Phi) is 8.18. The van der Waals surface area contributed by atoms with Gasteiger partial charge in [0.1, 0.15) is 5.54 Å². The molecule has 0 radical (unpaired) electrons. The fraction of sp³-hybridized carbons (Fsp3) is 0.938. The number of nitrogens with one attached hydrogen (secondary N) is 1. The zero-order valence-electron chi connectivity index (χ0n) is 14.6. The van der Waals surface area contributed by atoms with Crippen molar-refractivity contribution in [1.29, 1.82) is 0 Å². The molecule has 0 saturated heterocycles. The minimum absolute atomic E-state index is 0.117. The lowest BCUT2D eigenvalue weighted by Crippen LogP contribution is -2.61. The van der Waals surface area contributed by atoms with E-state index in [2.05, 4.69) is 6.92 Å². The Morgan fingerprint density at radius 1 is 1.08 bits per heavy atom. The summed E-state index contributed by atoms with van der Waals surface area (Å²) in [6, 6.07) is 0. The Hall–Kier alpha value is -0.830. The van der Waals surface area contributed by atoms with Crippen LogP contribution in [0.5, 0.6) is 0 Å². The number of hydrogen-bond donors (Lipinski definition) is 2. The third-order valence-electron chi connectivity index (χ3n) is 4.98. The van der Waals surface area contributed by atoms with Gasteiger partial charge in [-0.25, -0.2) is 8.42 Å². The predicted octanol–water partition coefficient (Wildman–Crippen LogP) is 4.19. The third-order valence-corrected chi connectivity index (χ3v) is 6.22. The van der Waals surface area contributed by atoms with Gasteiger partial charge in [-0.05, 0) is 25.2 Å². The normalized spacial score (nSPS) is 19.0. The van der Waals surface area contributed by atoms with Crippen LogP contribution in [0.1, 0.15) is 77.6 Å². The SMILES string of the molecule is CCCCCCCCC(NS(=O)(=O)C(F)(F)F)(C(=O)O)C1CCCC1. The van der Waals surface area contributed by atoms with Crippen LogP contribution in [0.4, 0.5) is 13.2 Å². The third kappa shape index (κ3) is 5.84. The minimum Gasteiger partial charge on any atom is -0.480 e. The van der Waals surface area contributed by atoms with Crippen LogP contribution in [-0.4, -0.2) is 30.5 Å². The zero-order chi connectivity index (χ0) is 19.1. The molecule has 0 spiro atoms. The Morgan fingerprint density at radius 2 is 1.60 bits per heavy atom. The van der Waals surface area contributed by atoms with Crippen LogP contribution in [0, 0.1) is 5.92 Å². The largest absolute Gasteiger partial charge is 0.511 e. The van der Waals surface area contributed by atoms with Gasteiger partial charge in [0.15, 0.2) is 0 Å². The number of unbranched alkanes of at least 4 members (excludes halogenated alkanes) is 5. The average molecular weight is 387 g/mol. The lowest BCUT2D eigenvalue weighted by Gasteiger charge is -2.36. The van der Waals surface area contributed by atoms with Crippen molar-refractivity contribution in [2.24, 2.45) is 5.92 Å². The lowest BCUT2D eigenvalue weighted by molar-refractivity contribution is -0.147. The van der Waals surface area contributed by atoms with Crippen LogP contribution in [0.25, 0.3) is 0 Å². The summed E-state index contributed by atoms with van der Waals surface area (Å²) >= 11 is 0. The van der Waals surface area contributed by atoms with E-state index in [4.69, 9.17) is 0 Å². The predicted molar refractivity (Wildman–Crippen MR) is 88.4 cm³/mol. The number of carbonyl (C=O) groups is 1. The molecule has 0 aliphatic heterocycles. The maximum atomic E-state index is 12.8. The first-order chi connectivity index (χ1) is 11.6. The van der Waals surface area contributed by atoms with Crippen LogP contribution in [0.2, 0.25) is 0 Å². The van der Waals surface area contributed by atoms with Gasteiger partial charge in [0.05, 0.1) is 0 Å². The van der Waals surface area contributed by atoms with Crippen molar-refractivity contribution < 1.29 is 31.5 Å². The van der Waals surface area contributed by atoms with Crippen LogP contribution in [-0.2, 0) is 14.8 Å². The quantitative estimate of drug-likeness (QED) is 0.521. The van der Waals surface area contributed by atoms with E-state index in [1.807, 2.05) is 0 Å². The number of hydrogen-bond acceptors (Lipinski definition) is 3. The van der Waals surface area contributed by atoms with E-state index in [1.165, 1.54) is 4.72 Å². The van der Waals surface area contributed by atoms with E-state index in [9.17, 15) is 31.5 Å². The highest BCUT2D eigenvalue weighted by Crippen LogP contribution is 2.39. The highest BCUT2D eigenvalue weighted by molar-refractivity contribution is 7.90. The highest BCUT2D eigenvalue weighted by Gasteiger charge is 2.55. The van der Waals surface area contributed by atoms with Gasteiger partial charge in [0.2, 0.25) is 0 Å². The molecule has 1 aliphatic rings. The van der Waals surface area contributed by atoms with E-state index in [0.29, 0.717) is 38.5 Å². The molecule has 0 heterocycles. The molecule has 1 rings (SSSR count). The van der Waals surface area contributed by atoms with Gasteiger partial charge in [-0.2, -0.15) is 17.9 Å². The molecule has 0 bridgehead atoms. The molecular weight excluding hydrogens is 359 g/mol. The first-order valence-corrected chi connectivity index (χ1v) is 10.4. The molecular formula is C16H28F3NO4S. The molecule has 0 aromatic carbocycles. The fourth-order valence-electron chi connectivity index (χ4n) is 3.56. The number of rotatable bonds is 11. The van der Waals surface area contributed by atoms with Crippen molar-refractivity contribution in [2.75, 3.05) is 0 Å². The lowest BCUT2D eigenvalue weighted by atomic mass is 9.79. The maximum absolute atomic E-state index is 12.8. The Morgan fingerprint density at radius 3 is 2.08 bits per heavy atom. The Labute approximate surface area is 147 Å². The van der Waals surface area contributed by atoms with Crippen LogP contribution >= 0.6 is 0 Å². The summed E-state index contributed by atoms with van der Waals surface area (Å²) in [5, 5.41) is 9.66. The molecule has 25 heavy (non-hydrogen) atoms. The number of carboxylic acids is 1. The standard InChI is InChI=1S/C16H28F3NO4S/c1-2-3-4-5-6-9-12-15(14(21)22,13-10-7-8-11-13)20-25(23,24)16(17,18)19/h13,20H,2-12H2,1H3,(H,21,22). The van der Waals surface area contributed by atoms with Gasteiger partial charge in [0, 0.05) is 0 Å². The van der Waals surface area contributed by atoms with Gasteiger partial charge in [-0.15, -0.1) is 0 Å². The van der Waals surface area contributed by atoms with Crippen LogP contribution in [0.3, 0.4) is 0 Å². The fourth-order valence-corrected chi connectivity index (χ4v) is 4.52. The molecule has 1 atom stereocenters. The first kappa shape index (κ1) is 22.2. The summed E-state index contributed by atoms with van der Waals surface area (Å²) in [5.74, 6) is -2.13. The molecule has 1 unspecified atom stereocenters. The Balaban J connectivity index is 2.94. The number of aliphatic carboxylic acids is 1. The van der Waals surface area contributed by atoms with E-state index >= 15 is 0 Å². The monoisotopic (exact) mass is 387 g/mol. The van der Waals surface area contributed by atoms with E-state index in [1.54, 1.807) is 0 Å². The maximum Gasteiger partial charge on any atom is 0.511 e. The van der Waals surface area contributed by atoms with Crippen molar-refractivity contribution in [3.63, 3.8) is 0 Å². The number of alkyl halides is 3. The molecule has 0 amide bonds. The van der Waals surface area contributed by atoms with Gasteiger partial charge in [-0.1, -0.05) is 58.3 Å². The van der Waals surface area contributed by atoms with E-state index < -0.39 is 33.0 Å². The first-order valence-electron chi connectivity index (χ1n) is 8.90. The van der Waals surface area contributed by atoms with Crippen LogP contribution in [0.15, 0.2) is 0 Å². The van der Waals surface area contributed by atoms with Crippen molar-refractivity contribution in [1.82, 2.24) is 4.72 Å². The topological polar surface area (TPSA) is 83.5 Å². The molecule has 2 N–H and O–H groups in total. The Bertz CT molecular complexity index is 530. The summed E-state index contributed by atoms with van der Waals surface area (Å²) in [4.78, 5) is 11.9. The number of carboxylic acid groups (broad SMARTS) is 1. The number of sulfonamides is 1. The molecule has 0 aromatic rings.